The van der Waals surface area contributed by atoms with Crippen molar-refractivity contribution in [3.63, 3.8) is 0 Å². The number of rotatable bonds is 4. The lowest BCUT2D eigenvalue weighted by molar-refractivity contribution is -0.274. The summed E-state index contributed by atoms with van der Waals surface area (Å²) < 4.78 is 40.7. The van der Waals surface area contributed by atoms with Gasteiger partial charge in [0, 0.05) is 19.5 Å². The maximum absolute atomic E-state index is 12.3. The second-order valence-electron chi connectivity index (χ2n) is 6.37. The first-order valence-electron chi connectivity index (χ1n) is 8.61. The summed E-state index contributed by atoms with van der Waals surface area (Å²) in [6.45, 7) is 3.30. The molecule has 1 aliphatic heterocycles. The van der Waals surface area contributed by atoms with Gasteiger partial charge in [-0.1, -0.05) is 31.2 Å². The van der Waals surface area contributed by atoms with Crippen molar-refractivity contribution in [2.24, 2.45) is 0 Å². The molecule has 0 fully saturated rings. The molecule has 1 aliphatic rings. The van der Waals surface area contributed by atoms with Crippen LogP contribution in [-0.2, 0) is 17.8 Å². The molecule has 0 unspecified atom stereocenters. The maximum Gasteiger partial charge on any atom is 0.573 e. The van der Waals surface area contributed by atoms with Crippen LogP contribution in [0.25, 0.3) is 11.1 Å². The highest BCUT2D eigenvalue weighted by molar-refractivity contribution is 5.76. The number of fused-ring (bicyclic) bond motifs is 1. The number of alkyl halides is 3. The molecule has 26 heavy (non-hydrogen) atoms. The van der Waals surface area contributed by atoms with Crippen molar-refractivity contribution in [1.29, 1.82) is 0 Å². The van der Waals surface area contributed by atoms with Crippen LogP contribution in [0.15, 0.2) is 42.5 Å². The molecular weight excluding hydrogens is 343 g/mol. The zero-order chi connectivity index (χ0) is 18.7. The van der Waals surface area contributed by atoms with Crippen LogP contribution in [0, 0.1) is 0 Å². The quantitative estimate of drug-likeness (QED) is 0.770. The fourth-order valence-corrected chi connectivity index (χ4v) is 3.17. The zero-order valence-electron chi connectivity index (χ0n) is 14.5. The highest BCUT2D eigenvalue weighted by atomic mass is 19.4. The lowest BCUT2D eigenvalue weighted by atomic mass is 9.94. The van der Waals surface area contributed by atoms with E-state index in [-0.39, 0.29) is 11.7 Å². The van der Waals surface area contributed by atoms with Gasteiger partial charge in [-0.25, -0.2) is 0 Å². The summed E-state index contributed by atoms with van der Waals surface area (Å²) >= 11 is 0. The average Bonchev–Trinajstić information content (AvgIpc) is 2.60. The van der Waals surface area contributed by atoms with Crippen LogP contribution in [0.2, 0.25) is 0 Å². The third-order valence-corrected chi connectivity index (χ3v) is 4.46. The van der Waals surface area contributed by atoms with Gasteiger partial charge >= 0.3 is 6.36 Å². The van der Waals surface area contributed by atoms with Gasteiger partial charge in [-0.05, 0) is 53.3 Å². The van der Waals surface area contributed by atoms with Crippen molar-refractivity contribution in [2.45, 2.75) is 39.1 Å². The Kier molecular flexibility index (Phi) is 5.20. The topological polar surface area (TPSA) is 29.5 Å². The molecule has 3 nitrogen and oxygen atoms in total. The normalized spacial score (nSPS) is 14.1. The Labute approximate surface area is 150 Å². The number of halogens is 3. The summed E-state index contributed by atoms with van der Waals surface area (Å²) in [5.41, 5.74) is 4.02. The molecule has 0 saturated carbocycles. The number of carbonyl (C=O) groups excluding carboxylic acids is 1. The van der Waals surface area contributed by atoms with E-state index in [9.17, 15) is 18.0 Å². The molecule has 138 valence electrons. The second-order valence-corrected chi connectivity index (χ2v) is 6.37. The fraction of sp³-hybridized carbons (Fsp3) is 0.350. The van der Waals surface area contributed by atoms with Gasteiger partial charge in [-0.15, -0.1) is 13.2 Å². The molecule has 0 N–H and O–H groups in total. The van der Waals surface area contributed by atoms with E-state index >= 15 is 0 Å². The Morgan fingerprint density at radius 1 is 1.08 bits per heavy atom. The maximum atomic E-state index is 12.3. The summed E-state index contributed by atoms with van der Waals surface area (Å²) in [6, 6.07) is 11.8. The van der Waals surface area contributed by atoms with Crippen LogP contribution >= 0.6 is 0 Å². The summed E-state index contributed by atoms with van der Waals surface area (Å²) in [7, 11) is 0. The van der Waals surface area contributed by atoms with Crippen molar-refractivity contribution in [3.05, 3.63) is 53.6 Å². The number of nitrogens with zero attached hydrogens (tertiary/aromatic N) is 1. The van der Waals surface area contributed by atoms with Crippen LogP contribution in [0.1, 0.15) is 30.9 Å². The van der Waals surface area contributed by atoms with Gasteiger partial charge in [0.15, 0.2) is 0 Å². The summed E-state index contributed by atoms with van der Waals surface area (Å²) in [5.74, 6) is -0.0762. The summed E-state index contributed by atoms with van der Waals surface area (Å²) in [6.07, 6.45) is -2.49. The molecule has 0 atom stereocenters. The molecular formula is C20H20F3NO2. The Balaban J connectivity index is 1.78. The third kappa shape index (κ3) is 4.36. The molecule has 1 amide bonds. The Morgan fingerprint density at radius 2 is 1.77 bits per heavy atom. The lowest BCUT2D eigenvalue weighted by Crippen LogP contribution is -2.35. The first kappa shape index (κ1) is 18.3. The lowest BCUT2D eigenvalue weighted by Gasteiger charge is -2.29. The van der Waals surface area contributed by atoms with Gasteiger partial charge < -0.3 is 9.64 Å². The van der Waals surface area contributed by atoms with Gasteiger partial charge in [-0.3, -0.25) is 4.79 Å². The van der Waals surface area contributed by atoms with E-state index in [1.807, 2.05) is 30.0 Å². The average molecular weight is 363 g/mol. The van der Waals surface area contributed by atoms with E-state index < -0.39 is 6.36 Å². The van der Waals surface area contributed by atoms with Gasteiger partial charge in [0.2, 0.25) is 5.91 Å². The predicted octanol–water partition coefficient (Wildman–Crippen LogP) is 4.94. The minimum atomic E-state index is -4.69. The van der Waals surface area contributed by atoms with E-state index in [0.717, 1.165) is 36.1 Å². The van der Waals surface area contributed by atoms with Crippen molar-refractivity contribution >= 4 is 5.91 Å². The fourth-order valence-electron chi connectivity index (χ4n) is 3.17. The molecule has 0 aromatic heterocycles. The van der Waals surface area contributed by atoms with Crippen molar-refractivity contribution in [3.8, 4) is 16.9 Å². The van der Waals surface area contributed by atoms with Crippen LogP contribution in [-0.4, -0.2) is 23.7 Å². The number of carbonyl (C=O) groups is 1. The van der Waals surface area contributed by atoms with Crippen LogP contribution in [0.3, 0.4) is 0 Å². The van der Waals surface area contributed by atoms with E-state index in [4.69, 9.17) is 0 Å². The minimum absolute atomic E-state index is 0.164. The van der Waals surface area contributed by atoms with E-state index in [2.05, 4.69) is 4.74 Å². The second kappa shape index (κ2) is 7.40. The Hall–Kier alpha value is -2.50. The van der Waals surface area contributed by atoms with E-state index in [0.29, 0.717) is 13.0 Å². The van der Waals surface area contributed by atoms with Gasteiger partial charge in [0.05, 0.1) is 0 Å². The van der Waals surface area contributed by atoms with E-state index in [1.54, 1.807) is 12.1 Å². The molecule has 0 bridgehead atoms. The van der Waals surface area contributed by atoms with Gasteiger partial charge in [0.1, 0.15) is 5.75 Å². The largest absolute Gasteiger partial charge is 0.573 e. The van der Waals surface area contributed by atoms with Gasteiger partial charge in [-0.2, -0.15) is 0 Å². The van der Waals surface area contributed by atoms with E-state index in [1.165, 1.54) is 17.7 Å². The van der Waals surface area contributed by atoms with Crippen LogP contribution in [0.5, 0.6) is 5.75 Å². The Bertz CT molecular complexity index is 785. The molecule has 6 heteroatoms. The number of amides is 1. The zero-order valence-corrected chi connectivity index (χ0v) is 14.5. The molecule has 1 heterocycles. The highest BCUT2D eigenvalue weighted by Gasteiger charge is 2.31. The molecule has 0 saturated heterocycles. The molecule has 0 radical (unpaired) electrons. The van der Waals surface area contributed by atoms with Crippen LogP contribution < -0.4 is 4.74 Å². The number of benzene rings is 2. The standard InChI is InChI=1S/C20H20F3NO2/c1-2-3-19(25)24-11-10-15-4-5-16(12-17(15)13-24)14-6-8-18(9-7-14)26-20(21,22)23/h4-9,12H,2-3,10-11,13H2,1H3. The molecule has 0 spiro atoms. The monoisotopic (exact) mass is 363 g/mol. The smallest absolute Gasteiger partial charge is 0.406 e. The molecule has 2 aromatic rings. The molecule has 0 aliphatic carbocycles. The third-order valence-electron chi connectivity index (χ3n) is 4.46. The number of hydrogen-bond acceptors (Lipinski definition) is 2. The SMILES string of the molecule is CCCC(=O)N1CCc2ccc(-c3ccc(OC(F)(F)F)cc3)cc2C1. The number of ether oxygens (including phenoxy) is 1. The van der Waals surface area contributed by atoms with Crippen molar-refractivity contribution in [2.75, 3.05) is 6.54 Å². The Morgan fingerprint density at radius 3 is 2.42 bits per heavy atom. The van der Waals surface area contributed by atoms with Crippen LogP contribution in [0.4, 0.5) is 13.2 Å². The molecule has 3 rings (SSSR count). The van der Waals surface area contributed by atoms with Gasteiger partial charge in [0.25, 0.3) is 0 Å². The molecule has 2 aromatic carbocycles. The van der Waals surface area contributed by atoms with Crippen molar-refractivity contribution < 1.29 is 22.7 Å². The highest BCUT2D eigenvalue weighted by Crippen LogP contribution is 2.29. The predicted molar refractivity (Wildman–Crippen MR) is 92.6 cm³/mol. The first-order chi connectivity index (χ1) is 12.4. The van der Waals surface area contributed by atoms with Crippen molar-refractivity contribution in [1.82, 2.24) is 4.90 Å². The summed E-state index contributed by atoms with van der Waals surface area (Å²) in [5, 5.41) is 0. The summed E-state index contributed by atoms with van der Waals surface area (Å²) in [4.78, 5) is 14.0. The number of hydrogen-bond donors (Lipinski definition) is 0. The first-order valence-corrected chi connectivity index (χ1v) is 8.61. The minimum Gasteiger partial charge on any atom is -0.406 e.